The van der Waals surface area contributed by atoms with Crippen LogP contribution >= 0.6 is 0 Å². The van der Waals surface area contributed by atoms with Crippen molar-refractivity contribution in [3.63, 3.8) is 0 Å². The van der Waals surface area contributed by atoms with Crippen molar-refractivity contribution in [2.75, 3.05) is 12.8 Å². The molecule has 2 aromatic carbocycles. The average Bonchev–Trinajstić information content (AvgIpc) is 2.73. The number of nitrogen functional groups attached to an aromatic ring is 1. The van der Waals surface area contributed by atoms with Gasteiger partial charge in [-0.15, -0.1) is 0 Å². The third-order valence-corrected chi connectivity index (χ3v) is 3.62. The zero-order valence-corrected chi connectivity index (χ0v) is 12.1. The molecule has 1 fully saturated rings. The molecule has 0 aromatic heterocycles. The van der Waals surface area contributed by atoms with Crippen LogP contribution in [-0.2, 0) is 10.6 Å². The summed E-state index contributed by atoms with van der Waals surface area (Å²) in [6.45, 7) is 1.91. The first-order valence-corrected chi connectivity index (χ1v) is 6.74. The minimum atomic E-state index is -0.734. The smallest absolute Gasteiger partial charge is 0.217 e. The Morgan fingerprint density at radius 2 is 1.81 bits per heavy atom. The second kappa shape index (κ2) is 4.79. The Labute approximate surface area is 123 Å². The fraction of sp³-hybridized carbons (Fsp3) is 0.188. The second-order valence-corrected chi connectivity index (χ2v) is 5.30. The molecule has 0 bridgehead atoms. The van der Waals surface area contributed by atoms with Crippen molar-refractivity contribution >= 4 is 11.6 Å². The normalized spacial score (nSPS) is 21.4. The largest absolute Gasteiger partial charge is 0.399 e. The first-order chi connectivity index (χ1) is 9.98. The van der Waals surface area contributed by atoms with Gasteiger partial charge in [0.05, 0.1) is 0 Å². The molecule has 5 nitrogen and oxygen atoms in total. The van der Waals surface area contributed by atoms with Gasteiger partial charge < -0.3 is 11.1 Å². The molecule has 1 aliphatic heterocycles. The Kier molecular flexibility index (Phi) is 3.07. The van der Waals surface area contributed by atoms with E-state index in [2.05, 4.69) is 5.32 Å². The Balaban J connectivity index is 1.99. The molecule has 1 heterocycles. The lowest BCUT2D eigenvalue weighted by Gasteiger charge is -2.23. The van der Waals surface area contributed by atoms with Crippen molar-refractivity contribution in [3.8, 4) is 11.1 Å². The van der Waals surface area contributed by atoms with Crippen molar-refractivity contribution in [1.29, 1.82) is 5.41 Å². The highest BCUT2D eigenvalue weighted by atomic mass is 16.7. The predicted octanol–water partition coefficient (Wildman–Crippen LogP) is 2.51. The number of anilines is 1. The standard InChI is InChI=1S/C16H18N4O/c1-16(19-15(18)20(2)21-16)13-7-3-5-11(9-13)12-6-4-8-14(17)10-12/h3-10H,17H2,1-2H3,(H2,18,19). The van der Waals surface area contributed by atoms with E-state index in [9.17, 15) is 0 Å². The van der Waals surface area contributed by atoms with Crippen molar-refractivity contribution < 1.29 is 4.84 Å². The number of nitrogens with one attached hydrogen (secondary N) is 2. The molecule has 21 heavy (non-hydrogen) atoms. The van der Waals surface area contributed by atoms with Crippen molar-refractivity contribution in [1.82, 2.24) is 10.4 Å². The van der Waals surface area contributed by atoms with Crippen molar-refractivity contribution in [2.45, 2.75) is 12.6 Å². The highest BCUT2D eigenvalue weighted by molar-refractivity contribution is 5.78. The lowest BCUT2D eigenvalue weighted by atomic mass is 9.98. The number of guanidine groups is 1. The highest BCUT2D eigenvalue weighted by Crippen LogP contribution is 2.31. The van der Waals surface area contributed by atoms with Gasteiger partial charge in [-0.3, -0.25) is 5.41 Å². The number of hydrogen-bond donors (Lipinski definition) is 3. The number of hydroxylamine groups is 2. The summed E-state index contributed by atoms with van der Waals surface area (Å²) in [5.41, 5.74) is 8.92. The molecule has 1 atom stereocenters. The highest BCUT2D eigenvalue weighted by Gasteiger charge is 2.38. The summed E-state index contributed by atoms with van der Waals surface area (Å²) in [7, 11) is 1.71. The summed E-state index contributed by atoms with van der Waals surface area (Å²) in [6.07, 6.45) is 0. The maximum atomic E-state index is 7.78. The molecule has 1 unspecified atom stereocenters. The van der Waals surface area contributed by atoms with Crippen LogP contribution in [0.4, 0.5) is 5.69 Å². The van der Waals surface area contributed by atoms with E-state index in [1.165, 1.54) is 5.06 Å². The number of benzene rings is 2. The fourth-order valence-corrected chi connectivity index (χ4v) is 2.49. The number of hydrogen-bond acceptors (Lipinski definition) is 3. The number of rotatable bonds is 2. The van der Waals surface area contributed by atoms with Gasteiger partial charge in [-0.05, 0) is 36.2 Å². The van der Waals surface area contributed by atoms with Gasteiger partial charge in [-0.25, -0.2) is 9.90 Å². The van der Waals surface area contributed by atoms with E-state index in [0.29, 0.717) is 0 Å². The van der Waals surface area contributed by atoms with Crippen LogP contribution in [0.1, 0.15) is 12.5 Å². The van der Waals surface area contributed by atoms with E-state index < -0.39 is 5.72 Å². The second-order valence-electron chi connectivity index (χ2n) is 5.30. The van der Waals surface area contributed by atoms with Crippen LogP contribution in [-0.4, -0.2) is 18.1 Å². The van der Waals surface area contributed by atoms with Gasteiger partial charge in [0.2, 0.25) is 5.96 Å². The minimum Gasteiger partial charge on any atom is -0.399 e. The van der Waals surface area contributed by atoms with Crippen molar-refractivity contribution in [3.05, 3.63) is 54.1 Å². The predicted molar refractivity (Wildman–Crippen MR) is 83.4 cm³/mol. The number of nitrogens with zero attached hydrogens (tertiary/aromatic N) is 1. The first kappa shape index (κ1) is 13.5. The molecule has 1 aliphatic rings. The average molecular weight is 282 g/mol. The van der Waals surface area contributed by atoms with Crippen LogP contribution in [0.2, 0.25) is 0 Å². The zero-order chi connectivity index (χ0) is 15.0. The van der Waals surface area contributed by atoms with Crippen LogP contribution in [0.3, 0.4) is 0 Å². The quantitative estimate of drug-likeness (QED) is 0.740. The Morgan fingerprint density at radius 3 is 2.43 bits per heavy atom. The van der Waals surface area contributed by atoms with Crippen LogP contribution in [0, 0.1) is 5.41 Å². The Bertz CT molecular complexity index is 700. The van der Waals surface area contributed by atoms with Gasteiger partial charge in [0, 0.05) is 18.3 Å². The summed E-state index contributed by atoms with van der Waals surface area (Å²) in [6, 6.07) is 15.8. The maximum Gasteiger partial charge on any atom is 0.217 e. The SMILES string of the molecule is CN1OC(C)(c2cccc(-c3cccc(N)c3)c2)NC1=N. The van der Waals surface area contributed by atoms with Crippen LogP contribution in [0.15, 0.2) is 48.5 Å². The van der Waals surface area contributed by atoms with Crippen LogP contribution < -0.4 is 11.1 Å². The molecule has 0 radical (unpaired) electrons. The zero-order valence-electron chi connectivity index (χ0n) is 12.1. The topological polar surface area (TPSA) is 74.4 Å². The monoisotopic (exact) mass is 282 g/mol. The van der Waals surface area contributed by atoms with Gasteiger partial charge in [0.25, 0.3) is 0 Å². The summed E-state index contributed by atoms with van der Waals surface area (Å²) >= 11 is 0. The lowest BCUT2D eigenvalue weighted by molar-refractivity contribution is -0.161. The van der Waals surface area contributed by atoms with E-state index in [4.69, 9.17) is 16.0 Å². The van der Waals surface area contributed by atoms with Crippen molar-refractivity contribution in [2.24, 2.45) is 0 Å². The molecule has 108 valence electrons. The van der Waals surface area contributed by atoms with E-state index in [0.717, 1.165) is 22.4 Å². The van der Waals surface area contributed by atoms with E-state index in [-0.39, 0.29) is 5.96 Å². The number of nitrogens with two attached hydrogens (primary N) is 1. The molecule has 0 aliphatic carbocycles. The molecule has 0 amide bonds. The molecule has 0 spiro atoms. The minimum absolute atomic E-state index is 0.242. The molecule has 0 saturated carbocycles. The lowest BCUT2D eigenvalue weighted by Crippen LogP contribution is -2.36. The molecule has 3 rings (SSSR count). The van der Waals surface area contributed by atoms with E-state index >= 15 is 0 Å². The molecular formula is C16H18N4O. The molecule has 4 N–H and O–H groups in total. The van der Waals surface area contributed by atoms with Crippen LogP contribution in [0.25, 0.3) is 11.1 Å². The summed E-state index contributed by atoms with van der Waals surface area (Å²) in [5.74, 6) is 0.242. The Morgan fingerprint density at radius 1 is 1.14 bits per heavy atom. The van der Waals surface area contributed by atoms with E-state index in [1.807, 2.05) is 55.5 Å². The summed E-state index contributed by atoms with van der Waals surface area (Å²) < 4.78 is 0. The van der Waals surface area contributed by atoms with Gasteiger partial charge in [-0.2, -0.15) is 0 Å². The summed E-state index contributed by atoms with van der Waals surface area (Å²) in [4.78, 5) is 5.73. The first-order valence-electron chi connectivity index (χ1n) is 6.74. The molecule has 5 heteroatoms. The fourth-order valence-electron chi connectivity index (χ4n) is 2.49. The Hall–Kier alpha value is -2.53. The van der Waals surface area contributed by atoms with Gasteiger partial charge in [-0.1, -0.05) is 30.3 Å². The molecule has 1 saturated heterocycles. The van der Waals surface area contributed by atoms with Gasteiger partial charge in [0.15, 0.2) is 5.72 Å². The maximum absolute atomic E-state index is 7.78. The third kappa shape index (κ3) is 2.43. The summed E-state index contributed by atoms with van der Waals surface area (Å²) in [5, 5.41) is 12.3. The van der Waals surface area contributed by atoms with Gasteiger partial charge >= 0.3 is 0 Å². The van der Waals surface area contributed by atoms with E-state index in [1.54, 1.807) is 7.05 Å². The molecule has 2 aromatic rings. The molecular weight excluding hydrogens is 264 g/mol. The van der Waals surface area contributed by atoms with Crippen LogP contribution in [0.5, 0.6) is 0 Å². The third-order valence-electron chi connectivity index (χ3n) is 3.62. The van der Waals surface area contributed by atoms with Gasteiger partial charge in [0.1, 0.15) is 0 Å².